The maximum absolute atomic E-state index is 14.7. The number of ether oxygens (including phenoxy) is 1. The maximum atomic E-state index is 14.7. The van der Waals surface area contributed by atoms with Gasteiger partial charge in [-0.1, -0.05) is 54.5 Å². The zero-order valence-electron chi connectivity index (χ0n) is 17.3. The number of carbonyl (C=O) groups is 1. The van der Waals surface area contributed by atoms with Crippen LogP contribution in [-0.2, 0) is 9.53 Å². The minimum absolute atomic E-state index is 0.0798. The lowest BCUT2D eigenvalue weighted by molar-refractivity contribution is -0.125. The van der Waals surface area contributed by atoms with Gasteiger partial charge in [-0.3, -0.25) is 15.0 Å². The van der Waals surface area contributed by atoms with Crippen LogP contribution < -0.4 is 5.32 Å². The summed E-state index contributed by atoms with van der Waals surface area (Å²) in [7, 11) is 1.57. The van der Waals surface area contributed by atoms with Crippen LogP contribution in [0.25, 0.3) is 11.1 Å². The summed E-state index contributed by atoms with van der Waals surface area (Å²) in [5, 5.41) is 7.10. The van der Waals surface area contributed by atoms with Crippen molar-refractivity contribution in [1.82, 2.24) is 10.1 Å². The Kier molecular flexibility index (Phi) is 6.08. The number of nitrogens with one attached hydrogen (secondary N) is 1. The minimum Gasteiger partial charge on any atom is -0.383 e. The van der Waals surface area contributed by atoms with Crippen LogP contribution in [0.5, 0.6) is 0 Å². The van der Waals surface area contributed by atoms with Gasteiger partial charge in [0.1, 0.15) is 12.4 Å². The van der Waals surface area contributed by atoms with Gasteiger partial charge >= 0.3 is 0 Å². The normalized spacial score (nSPS) is 14.6. The minimum atomic E-state index is -0.287. The average Bonchev–Trinajstić information content (AvgIpc) is 3.39. The van der Waals surface area contributed by atoms with E-state index in [2.05, 4.69) is 15.5 Å². The second-order valence-electron chi connectivity index (χ2n) is 7.25. The molecule has 0 aliphatic carbocycles. The van der Waals surface area contributed by atoms with Crippen molar-refractivity contribution in [1.29, 1.82) is 0 Å². The summed E-state index contributed by atoms with van der Waals surface area (Å²) in [5.74, 6) is 0.178. The third-order valence-electron chi connectivity index (χ3n) is 5.22. The average molecular weight is 422 g/mol. The first-order valence-corrected chi connectivity index (χ1v) is 9.99. The molecule has 4 rings (SSSR count). The molecule has 0 spiro atoms. The highest BCUT2D eigenvalue weighted by Crippen LogP contribution is 2.30. The lowest BCUT2D eigenvalue weighted by Gasteiger charge is -2.17. The van der Waals surface area contributed by atoms with E-state index in [9.17, 15) is 9.18 Å². The molecule has 1 amide bonds. The molecule has 2 aromatic carbocycles. The molecule has 0 radical (unpaired) electrons. The van der Waals surface area contributed by atoms with Gasteiger partial charge in [-0.15, -0.1) is 0 Å². The molecule has 1 atom stereocenters. The van der Waals surface area contributed by atoms with E-state index in [1.54, 1.807) is 19.2 Å². The third kappa shape index (κ3) is 4.49. The van der Waals surface area contributed by atoms with Gasteiger partial charge in [0.25, 0.3) is 5.91 Å². The Bertz CT molecular complexity index is 1100. The second-order valence-corrected chi connectivity index (χ2v) is 7.25. The van der Waals surface area contributed by atoms with Gasteiger partial charge in [-0.2, -0.15) is 0 Å². The van der Waals surface area contributed by atoms with Crippen molar-refractivity contribution in [2.45, 2.75) is 12.8 Å². The van der Waals surface area contributed by atoms with Crippen molar-refractivity contribution < 1.29 is 18.4 Å². The Hall–Kier alpha value is -3.52. The molecule has 0 saturated heterocycles. The molecule has 1 aliphatic heterocycles. The molecule has 2 heterocycles. The van der Waals surface area contributed by atoms with Crippen molar-refractivity contribution in [2.75, 3.05) is 32.1 Å². The molecule has 7 nitrogen and oxygen atoms in total. The van der Waals surface area contributed by atoms with E-state index in [0.717, 1.165) is 11.1 Å². The molecule has 31 heavy (non-hydrogen) atoms. The zero-order chi connectivity index (χ0) is 21.8. The number of hydrogen-bond donors (Lipinski definition) is 1. The molecular weight excluding hydrogens is 399 g/mol. The predicted molar refractivity (Wildman–Crippen MR) is 115 cm³/mol. The molecule has 8 heteroatoms. The van der Waals surface area contributed by atoms with Gasteiger partial charge in [0.2, 0.25) is 11.8 Å². The smallest absolute Gasteiger partial charge is 0.251 e. The first-order chi connectivity index (χ1) is 15.1. The SMILES string of the molecule is COCCN1C(=O)CN=C1Nc1cc(C(C)c2ccc(-c3ccccc3)c(F)c2)no1. The van der Waals surface area contributed by atoms with Crippen LogP contribution in [0.2, 0.25) is 0 Å². The van der Waals surface area contributed by atoms with Crippen molar-refractivity contribution in [3.05, 3.63) is 71.7 Å². The Balaban J connectivity index is 1.48. The van der Waals surface area contributed by atoms with Crippen LogP contribution in [0.3, 0.4) is 0 Å². The van der Waals surface area contributed by atoms with Crippen LogP contribution >= 0.6 is 0 Å². The van der Waals surface area contributed by atoms with Crippen molar-refractivity contribution in [3.63, 3.8) is 0 Å². The van der Waals surface area contributed by atoms with Crippen LogP contribution in [0.1, 0.15) is 24.1 Å². The molecule has 1 aromatic heterocycles. The third-order valence-corrected chi connectivity index (χ3v) is 5.22. The topological polar surface area (TPSA) is 80.0 Å². The molecule has 1 unspecified atom stereocenters. The van der Waals surface area contributed by atoms with Crippen LogP contribution in [0.4, 0.5) is 10.3 Å². The highest BCUT2D eigenvalue weighted by atomic mass is 19.1. The Morgan fingerprint density at radius 3 is 2.77 bits per heavy atom. The van der Waals surface area contributed by atoms with Crippen LogP contribution in [0, 0.1) is 5.82 Å². The van der Waals surface area contributed by atoms with E-state index in [0.29, 0.717) is 36.3 Å². The molecule has 0 fully saturated rings. The number of guanidine groups is 1. The summed E-state index contributed by atoms with van der Waals surface area (Å²) in [5.41, 5.74) is 2.81. The lowest BCUT2D eigenvalue weighted by atomic mass is 9.95. The maximum Gasteiger partial charge on any atom is 0.251 e. The van der Waals surface area contributed by atoms with Crippen LogP contribution in [0.15, 0.2) is 64.1 Å². The molecular formula is C23H23FN4O3. The van der Waals surface area contributed by atoms with Crippen molar-refractivity contribution in [3.8, 4) is 11.1 Å². The van der Waals surface area contributed by atoms with Gasteiger partial charge in [-0.25, -0.2) is 9.38 Å². The van der Waals surface area contributed by atoms with Gasteiger partial charge in [0.05, 0.1) is 18.8 Å². The van der Waals surface area contributed by atoms with Gasteiger partial charge in [0.15, 0.2) is 0 Å². The zero-order valence-corrected chi connectivity index (χ0v) is 17.3. The van der Waals surface area contributed by atoms with Gasteiger partial charge < -0.3 is 9.26 Å². The first-order valence-electron chi connectivity index (χ1n) is 9.99. The Morgan fingerprint density at radius 2 is 2.03 bits per heavy atom. The quantitative estimate of drug-likeness (QED) is 0.625. The number of rotatable bonds is 7. The molecule has 1 N–H and O–H groups in total. The number of hydrogen-bond acceptors (Lipinski definition) is 6. The summed E-state index contributed by atoms with van der Waals surface area (Å²) in [4.78, 5) is 17.7. The number of aromatic nitrogens is 1. The highest BCUT2D eigenvalue weighted by molar-refractivity contribution is 6.08. The fourth-order valence-corrected chi connectivity index (χ4v) is 3.44. The molecule has 1 aliphatic rings. The lowest BCUT2D eigenvalue weighted by Crippen LogP contribution is -2.39. The number of halogens is 1. The molecule has 0 saturated carbocycles. The van der Waals surface area contributed by atoms with Crippen molar-refractivity contribution >= 4 is 17.8 Å². The van der Waals surface area contributed by atoms with Crippen LogP contribution in [-0.4, -0.2) is 48.7 Å². The highest BCUT2D eigenvalue weighted by Gasteiger charge is 2.26. The number of amides is 1. The molecule has 3 aromatic rings. The second kappa shape index (κ2) is 9.09. The van der Waals surface area contributed by atoms with E-state index in [-0.39, 0.29) is 24.2 Å². The van der Waals surface area contributed by atoms with E-state index in [1.165, 1.54) is 11.0 Å². The number of aliphatic imine (C=N–C) groups is 1. The van der Waals surface area contributed by atoms with Gasteiger partial charge in [-0.05, 0) is 17.2 Å². The monoisotopic (exact) mass is 422 g/mol. The summed E-state index contributed by atoms with van der Waals surface area (Å²) >= 11 is 0. The molecule has 160 valence electrons. The number of benzene rings is 2. The van der Waals surface area contributed by atoms with E-state index >= 15 is 0 Å². The number of methoxy groups -OCH3 is 1. The summed E-state index contributed by atoms with van der Waals surface area (Å²) in [6, 6.07) is 16.4. The Morgan fingerprint density at radius 1 is 1.23 bits per heavy atom. The Labute approximate surface area is 179 Å². The van der Waals surface area contributed by atoms with E-state index in [4.69, 9.17) is 9.26 Å². The number of nitrogens with zero attached hydrogens (tertiary/aromatic N) is 3. The molecule has 0 bridgehead atoms. The summed E-state index contributed by atoms with van der Waals surface area (Å²) in [6.45, 7) is 2.80. The first kappa shape index (κ1) is 20.7. The van der Waals surface area contributed by atoms with E-state index in [1.807, 2.05) is 43.3 Å². The largest absolute Gasteiger partial charge is 0.383 e. The van der Waals surface area contributed by atoms with Crippen molar-refractivity contribution in [2.24, 2.45) is 4.99 Å². The fourth-order valence-electron chi connectivity index (χ4n) is 3.44. The fraction of sp³-hybridized carbons (Fsp3) is 0.261. The van der Waals surface area contributed by atoms with Gasteiger partial charge in [0, 0.05) is 24.7 Å². The summed E-state index contributed by atoms with van der Waals surface area (Å²) < 4.78 is 25.2. The van der Waals surface area contributed by atoms with E-state index < -0.39 is 0 Å². The predicted octanol–water partition coefficient (Wildman–Crippen LogP) is 3.89. The number of anilines is 1. The standard InChI is InChI=1S/C23H23FN4O3/c1-15(17-8-9-18(19(24)12-17)16-6-4-3-5-7-16)20-13-21(31-27-20)26-23-25-14-22(29)28(23)10-11-30-2/h3-9,12-13,15H,10-11,14H2,1-2H3,(H,25,26). The number of carbonyl (C=O) groups excluding carboxylic acids is 1. The summed E-state index contributed by atoms with van der Waals surface area (Å²) in [6.07, 6.45) is 0.